The van der Waals surface area contributed by atoms with E-state index < -0.39 is 0 Å². The third-order valence-corrected chi connectivity index (χ3v) is 5.41. The summed E-state index contributed by atoms with van der Waals surface area (Å²) < 4.78 is 17.8. The zero-order valence-electron chi connectivity index (χ0n) is 18.6. The Morgan fingerprint density at radius 1 is 0.969 bits per heavy atom. The topological polar surface area (TPSA) is 108 Å². The molecule has 0 aliphatic carbocycles. The summed E-state index contributed by atoms with van der Waals surface area (Å²) in [7, 11) is 0. The Labute approximate surface area is 187 Å². The summed E-state index contributed by atoms with van der Waals surface area (Å²) >= 11 is 0. The normalized spacial score (nSPS) is 16.9. The van der Waals surface area contributed by atoms with Gasteiger partial charge < -0.3 is 24.0 Å². The van der Waals surface area contributed by atoms with Crippen LogP contribution in [0.2, 0.25) is 0 Å². The average molecular weight is 446 g/mol. The van der Waals surface area contributed by atoms with Crippen molar-refractivity contribution in [3.8, 4) is 11.4 Å². The smallest absolute Gasteiger partial charge is 0.305 e. The molecule has 11 heteroatoms. The lowest BCUT2D eigenvalue weighted by molar-refractivity contribution is -0.143. The number of carbonyl (C=O) groups excluding carboxylic acids is 1. The Morgan fingerprint density at radius 3 is 2.19 bits per heavy atom. The van der Waals surface area contributed by atoms with Crippen molar-refractivity contribution in [3.63, 3.8) is 0 Å². The Hall–Kier alpha value is -2.79. The molecule has 2 fully saturated rings. The molecule has 0 radical (unpaired) electrons. The highest BCUT2D eigenvalue weighted by Crippen LogP contribution is 2.22. The van der Waals surface area contributed by atoms with E-state index in [0.717, 1.165) is 51.1 Å². The second-order valence-corrected chi connectivity index (χ2v) is 7.71. The van der Waals surface area contributed by atoms with Gasteiger partial charge in [-0.05, 0) is 19.8 Å². The number of hydrogen-bond acceptors (Lipinski definition) is 10. The lowest BCUT2D eigenvalue weighted by Gasteiger charge is -2.30. The van der Waals surface area contributed by atoms with Gasteiger partial charge in [0.2, 0.25) is 11.9 Å². The Balaban J connectivity index is 1.47. The van der Waals surface area contributed by atoms with Crippen molar-refractivity contribution < 1.29 is 19.0 Å². The Bertz CT molecular complexity index is 843. The van der Waals surface area contributed by atoms with Crippen molar-refractivity contribution in [3.05, 3.63) is 12.4 Å². The number of carbonyl (C=O) groups is 1. The van der Waals surface area contributed by atoms with Gasteiger partial charge in [0.1, 0.15) is 0 Å². The number of hydrogen-bond donors (Lipinski definition) is 0. The first-order chi connectivity index (χ1) is 15.7. The van der Waals surface area contributed by atoms with Gasteiger partial charge in [-0.1, -0.05) is 0 Å². The maximum atomic E-state index is 11.5. The molecular formula is C21H31N7O4. The van der Waals surface area contributed by atoms with Crippen molar-refractivity contribution in [2.45, 2.75) is 32.7 Å². The maximum Gasteiger partial charge on any atom is 0.305 e. The van der Waals surface area contributed by atoms with Gasteiger partial charge in [0.25, 0.3) is 0 Å². The fourth-order valence-corrected chi connectivity index (χ4v) is 3.67. The summed E-state index contributed by atoms with van der Waals surface area (Å²) in [6, 6.07) is 0. The van der Waals surface area contributed by atoms with Crippen molar-refractivity contribution in [2.75, 3.05) is 69.0 Å². The summed E-state index contributed by atoms with van der Waals surface area (Å²) in [6.45, 7) is 8.64. The number of rotatable bonds is 9. The molecule has 0 amide bonds. The number of ether oxygens (including phenoxy) is 3. The number of nitrogens with zero attached hydrogens (tertiary/aromatic N) is 7. The van der Waals surface area contributed by atoms with Gasteiger partial charge in [-0.25, -0.2) is 0 Å². The van der Waals surface area contributed by atoms with Gasteiger partial charge in [-0.2, -0.15) is 20.1 Å². The highest BCUT2D eigenvalue weighted by molar-refractivity contribution is 5.69. The molecule has 4 rings (SSSR count). The van der Waals surface area contributed by atoms with Crippen molar-refractivity contribution in [2.24, 2.45) is 0 Å². The molecule has 2 saturated heterocycles. The van der Waals surface area contributed by atoms with Gasteiger partial charge in [0.15, 0.2) is 5.82 Å². The molecule has 0 atom stereocenters. The molecule has 2 aromatic heterocycles. The minimum Gasteiger partial charge on any atom is -0.466 e. The molecule has 32 heavy (non-hydrogen) atoms. The summed E-state index contributed by atoms with van der Waals surface area (Å²) in [5.74, 6) is 1.80. The van der Waals surface area contributed by atoms with E-state index in [-0.39, 0.29) is 5.97 Å². The van der Waals surface area contributed by atoms with Crippen LogP contribution in [0.4, 0.5) is 11.9 Å². The quantitative estimate of drug-likeness (QED) is 0.412. The second-order valence-electron chi connectivity index (χ2n) is 7.71. The monoisotopic (exact) mass is 445 g/mol. The molecule has 0 aromatic carbocycles. The molecule has 11 nitrogen and oxygen atoms in total. The highest BCUT2D eigenvalue weighted by atomic mass is 16.5. The fourth-order valence-electron chi connectivity index (χ4n) is 3.67. The van der Waals surface area contributed by atoms with Crippen LogP contribution in [0.3, 0.4) is 0 Å². The lowest BCUT2D eigenvalue weighted by atomic mass is 10.2. The molecular weight excluding hydrogens is 414 g/mol. The molecule has 0 bridgehead atoms. The molecule has 0 N–H and O–H groups in total. The SMILES string of the molecule is CCOC(=O)CCCCn1cc(-c2nc(N3CCOCC3)nc(N3CCOCC3)n2)cn1. The van der Waals surface area contributed by atoms with E-state index in [9.17, 15) is 4.79 Å². The number of morpholine rings is 2. The molecule has 174 valence electrons. The third-order valence-electron chi connectivity index (χ3n) is 5.41. The van der Waals surface area contributed by atoms with Crippen LogP contribution in [0.1, 0.15) is 26.2 Å². The van der Waals surface area contributed by atoms with Crippen LogP contribution >= 0.6 is 0 Å². The first-order valence-corrected chi connectivity index (χ1v) is 11.3. The van der Waals surface area contributed by atoms with Crippen LogP contribution in [-0.4, -0.2) is 89.9 Å². The van der Waals surface area contributed by atoms with E-state index >= 15 is 0 Å². The number of unbranched alkanes of at least 4 members (excludes halogenated alkanes) is 1. The predicted octanol–water partition coefficient (Wildman–Crippen LogP) is 1.14. The van der Waals surface area contributed by atoms with Gasteiger partial charge in [0.05, 0.1) is 44.8 Å². The van der Waals surface area contributed by atoms with E-state index in [1.165, 1.54) is 0 Å². The summed E-state index contributed by atoms with van der Waals surface area (Å²) in [5, 5.41) is 4.46. The van der Waals surface area contributed by atoms with E-state index in [4.69, 9.17) is 29.2 Å². The molecule has 2 aliphatic rings. The third kappa shape index (κ3) is 5.92. The van der Waals surface area contributed by atoms with Crippen LogP contribution < -0.4 is 9.80 Å². The van der Waals surface area contributed by atoms with Crippen molar-refractivity contribution >= 4 is 17.9 Å². The molecule has 0 spiro atoms. The number of aromatic nitrogens is 5. The standard InChI is InChI=1S/C21H31N7O4/c1-2-32-18(29)5-3-4-6-28-16-17(15-22-28)19-23-20(26-7-11-30-12-8-26)25-21(24-19)27-9-13-31-14-10-27/h15-16H,2-14H2,1H3. The van der Waals surface area contributed by atoms with Crippen LogP contribution in [0.5, 0.6) is 0 Å². The molecule has 0 saturated carbocycles. The molecule has 4 heterocycles. The van der Waals surface area contributed by atoms with E-state index in [0.29, 0.717) is 57.2 Å². The largest absolute Gasteiger partial charge is 0.466 e. The molecule has 2 aromatic rings. The van der Waals surface area contributed by atoms with Gasteiger partial charge in [0, 0.05) is 45.3 Å². The van der Waals surface area contributed by atoms with Gasteiger partial charge in [-0.3, -0.25) is 9.48 Å². The van der Waals surface area contributed by atoms with Crippen molar-refractivity contribution in [1.29, 1.82) is 0 Å². The second kappa shape index (κ2) is 11.2. The summed E-state index contributed by atoms with van der Waals surface area (Å²) in [5.41, 5.74) is 0.849. The van der Waals surface area contributed by atoms with E-state index in [1.807, 2.05) is 17.8 Å². The first-order valence-electron chi connectivity index (χ1n) is 11.3. The lowest BCUT2D eigenvalue weighted by Crippen LogP contribution is -2.40. The minimum atomic E-state index is -0.148. The number of esters is 1. The van der Waals surface area contributed by atoms with Gasteiger partial charge >= 0.3 is 5.97 Å². The number of anilines is 2. The van der Waals surface area contributed by atoms with Crippen molar-refractivity contribution in [1.82, 2.24) is 24.7 Å². The fraction of sp³-hybridized carbons (Fsp3) is 0.667. The predicted molar refractivity (Wildman–Crippen MR) is 118 cm³/mol. The number of aryl methyl sites for hydroxylation is 1. The van der Waals surface area contributed by atoms with E-state index in [1.54, 1.807) is 6.20 Å². The Morgan fingerprint density at radius 2 is 1.59 bits per heavy atom. The minimum absolute atomic E-state index is 0.148. The summed E-state index contributed by atoms with van der Waals surface area (Å²) in [4.78, 5) is 30.0. The van der Waals surface area contributed by atoms with Gasteiger partial charge in [-0.15, -0.1) is 0 Å². The zero-order chi connectivity index (χ0) is 22.2. The van der Waals surface area contributed by atoms with E-state index in [2.05, 4.69) is 14.9 Å². The maximum absolute atomic E-state index is 11.5. The Kier molecular flexibility index (Phi) is 7.83. The highest BCUT2D eigenvalue weighted by Gasteiger charge is 2.21. The van der Waals surface area contributed by atoms with Crippen LogP contribution in [0.25, 0.3) is 11.4 Å². The van der Waals surface area contributed by atoms with Crippen LogP contribution in [0, 0.1) is 0 Å². The first kappa shape index (κ1) is 22.4. The molecule has 2 aliphatic heterocycles. The molecule has 0 unspecified atom stereocenters. The van der Waals surface area contributed by atoms with Crippen LogP contribution in [-0.2, 0) is 25.5 Å². The summed E-state index contributed by atoms with van der Waals surface area (Å²) in [6.07, 6.45) is 5.78. The van der Waals surface area contributed by atoms with Crippen LogP contribution in [0.15, 0.2) is 12.4 Å². The average Bonchev–Trinajstić information content (AvgIpc) is 3.32. The zero-order valence-corrected chi connectivity index (χ0v) is 18.6.